The number of alkyl halides is 3. The van der Waals surface area contributed by atoms with Gasteiger partial charge < -0.3 is 14.6 Å². The monoisotopic (exact) mass is 427 g/mol. The van der Waals surface area contributed by atoms with Crippen LogP contribution in [0.1, 0.15) is 10.5 Å². The molecule has 1 aromatic carbocycles. The topological polar surface area (TPSA) is 111 Å². The minimum Gasteiger partial charge on any atom is -0.495 e. The zero-order valence-electron chi connectivity index (χ0n) is 14.6. The summed E-state index contributed by atoms with van der Waals surface area (Å²) in [6.45, 7) is 0. The van der Waals surface area contributed by atoms with Gasteiger partial charge in [0, 0.05) is 24.0 Å². The fourth-order valence-corrected chi connectivity index (χ4v) is 3.09. The van der Waals surface area contributed by atoms with Crippen LogP contribution in [0.5, 0.6) is 5.75 Å². The van der Waals surface area contributed by atoms with Crippen molar-refractivity contribution in [1.82, 2.24) is 10.1 Å². The Kier molecular flexibility index (Phi) is 5.29. The number of ether oxygens (including phenoxy) is 1. The summed E-state index contributed by atoms with van der Waals surface area (Å²) in [5.74, 6) is -0.650. The Labute approximate surface area is 162 Å². The second-order valence-electron chi connectivity index (χ2n) is 5.58. The predicted octanol–water partition coefficient (Wildman–Crippen LogP) is 3.29. The van der Waals surface area contributed by atoms with Gasteiger partial charge in [0.05, 0.1) is 17.7 Å². The zero-order valence-corrected chi connectivity index (χ0v) is 15.4. The van der Waals surface area contributed by atoms with Crippen molar-refractivity contribution in [3.63, 3.8) is 0 Å². The van der Waals surface area contributed by atoms with E-state index in [1.165, 1.54) is 19.4 Å². The van der Waals surface area contributed by atoms with Gasteiger partial charge in [0.15, 0.2) is 11.5 Å². The Morgan fingerprint density at radius 3 is 2.59 bits per heavy atom. The maximum atomic E-state index is 12.8. The van der Waals surface area contributed by atoms with E-state index in [0.29, 0.717) is 11.6 Å². The first-order valence-electron chi connectivity index (χ1n) is 7.81. The number of hydrogen-bond donors (Lipinski definition) is 1. The molecule has 3 rings (SSSR count). The molecule has 152 valence electrons. The highest BCUT2D eigenvalue weighted by Gasteiger charge is 2.47. The van der Waals surface area contributed by atoms with E-state index in [2.05, 4.69) is 15.5 Å². The highest BCUT2D eigenvalue weighted by atomic mass is 32.2. The molecular weight excluding hydrogens is 415 g/mol. The molecule has 12 heteroatoms. The first-order chi connectivity index (χ1) is 13.6. The average molecular weight is 427 g/mol. The molecule has 3 aromatic rings. The molecule has 2 heterocycles. The number of anilines is 1. The molecular formula is C17H12F3N3O5S. The second kappa shape index (κ2) is 7.54. The number of nitrogens with zero attached hydrogens (tertiary/aromatic N) is 2. The third-order valence-electron chi connectivity index (χ3n) is 3.72. The summed E-state index contributed by atoms with van der Waals surface area (Å²) in [6, 6.07) is 7.00. The Hall–Kier alpha value is -3.41. The zero-order chi connectivity index (χ0) is 21.2. The van der Waals surface area contributed by atoms with Crippen molar-refractivity contribution < 1.29 is 35.6 Å². The Bertz CT molecular complexity index is 1140. The summed E-state index contributed by atoms with van der Waals surface area (Å²) in [5, 5.41) is 5.87. The van der Waals surface area contributed by atoms with E-state index in [1.807, 2.05) is 0 Å². The van der Waals surface area contributed by atoms with Crippen LogP contribution in [0.2, 0.25) is 0 Å². The Balaban J connectivity index is 1.91. The quantitative estimate of drug-likeness (QED) is 0.665. The van der Waals surface area contributed by atoms with Crippen LogP contribution in [0.4, 0.5) is 18.9 Å². The number of benzene rings is 1. The molecule has 29 heavy (non-hydrogen) atoms. The second-order valence-corrected chi connectivity index (χ2v) is 7.52. The highest BCUT2D eigenvalue weighted by Crippen LogP contribution is 2.35. The van der Waals surface area contributed by atoms with E-state index >= 15 is 0 Å². The van der Waals surface area contributed by atoms with Crippen molar-refractivity contribution in [3.8, 4) is 17.1 Å². The molecule has 0 spiro atoms. The first-order valence-corrected chi connectivity index (χ1v) is 9.29. The van der Waals surface area contributed by atoms with E-state index in [0.717, 1.165) is 12.1 Å². The number of nitrogens with one attached hydrogen (secondary N) is 1. The molecule has 0 saturated carbocycles. The molecule has 0 saturated heterocycles. The number of rotatable bonds is 5. The van der Waals surface area contributed by atoms with Crippen LogP contribution in [0.15, 0.2) is 58.2 Å². The van der Waals surface area contributed by atoms with Crippen LogP contribution in [-0.4, -0.2) is 37.1 Å². The van der Waals surface area contributed by atoms with Gasteiger partial charge >= 0.3 is 5.51 Å². The van der Waals surface area contributed by atoms with Crippen molar-refractivity contribution in [2.45, 2.75) is 10.4 Å². The highest BCUT2D eigenvalue weighted by molar-refractivity contribution is 7.92. The Morgan fingerprint density at radius 2 is 1.97 bits per heavy atom. The molecule has 0 aliphatic rings. The molecule has 0 aliphatic carbocycles. The van der Waals surface area contributed by atoms with Crippen LogP contribution in [0, 0.1) is 0 Å². The molecule has 0 atom stereocenters. The average Bonchev–Trinajstić information content (AvgIpc) is 3.18. The van der Waals surface area contributed by atoms with Crippen molar-refractivity contribution in [1.29, 1.82) is 0 Å². The minimum absolute atomic E-state index is 0.0459. The van der Waals surface area contributed by atoms with Gasteiger partial charge in [0.1, 0.15) is 5.75 Å². The third-order valence-corrected chi connectivity index (χ3v) is 5.21. The number of methoxy groups -OCH3 is 1. The van der Waals surface area contributed by atoms with Gasteiger partial charge in [-0.1, -0.05) is 5.16 Å². The van der Waals surface area contributed by atoms with Gasteiger partial charge in [0.25, 0.3) is 15.7 Å². The fraction of sp³-hybridized carbons (Fsp3) is 0.118. The summed E-state index contributed by atoms with van der Waals surface area (Å²) >= 11 is 0. The minimum atomic E-state index is -5.60. The smallest absolute Gasteiger partial charge is 0.495 e. The van der Waals surface area contributed by atoms with Crippen LogP contribution in [0.25, 0.3) is 11.3 Å². The lowest BCUT2D eigenvalue weighted by atomic mass is 10.2. The van der Waals surface area contributed by atoms with E-state index in [-0.39, 0.29) is 22.9 Å². The molecule has 1 amide bonds. The summed E-state index contributed by atoms with van der Waals surface area (Å²) in [4.78, 5) is 15.3. The largest absolute Gasteiger partial charge is 0.501 e. The van der Waals surface area contributed by atoms with Crippen LogP contribution < -0.4 is 10.1 Å². The molecule has 8 nitrogen and oxygen atoms in total. The van der Waals surface area contributed by atoms with Gasteiger partial charge in [0.2, 0.25) is 0 Å². The van der Waals surface area contributed by atoms with E-state index in [4.69, 9.17) is 9.26 Å². The predicted molar refractivity (Wildman–Crippen MR) is 93.9 cm³/mol. The number of pyridine rings is 1. The number of hydrogen-bond acceptors (Lipinski definition) is 7. The Morgan fingerprint density at radius 1 is 1.21 bits per heavy atom. The number of aromatic nitrogens is 2. The van der Waals surface area contributed by atoms with Crippen molar-refractivity contribution in [3.05, 3.63) is 54.5 Å². The number of carbonyl (C=O) groups is 1. The van der Waals surface area contributed by atoms with Gasteiger partial charge in [-0.05, 0) is 30.3 Å². The summed E-state index contributed by atoms with van der Waals surface area (Å²) in [7, 11) is -4.40. The van der Waals surface area contributed by atoms with Gasteiger partial charge in [-0.15, -0.1) is 0 Å². The van der Waals surface area contributed by atoms with E-state index in [1.54, 1.807) is 18.3 Å². The number of sulfone groups is 1. The number of amides is 1. The molecule has 0 bridgehead atoms. The maximum absolute atomic E-state index is 12.8. The van der Waals surface area contributed by atoms with Crippen LogP contribution in [0.3, 0.4) is 0 Å². The molecule has 1 N–H and O–H groups in total. The standard InChI is InChI=1S/C17H12F3N3O5S/c1-27-14-5-4-11(29(25,26)17(18,19)20)7-12(14)22-16(24)13-8-15(28-23-13)10-3-2-6-21-9-10/h2-9H,1H3,(H,22,24). The van der Waals surface area contributed by atoms with E-state index in [9.17, 15) is 26.4 Å². The summed E-state index contributed by atoms with van der Waals surface area (Å²) in [5.41, 5.74) is -5.41. The summed E-state index contributed by atoms with van der Waals surface area (Å²) < 4.78 is 71.6. The van der Waals surface area contributed by atoms with E-state index < -0.39 is 26.1 Å². The molecule has 0 fully saturated rings. The van der Waals surface area contributed by atoms with Crippen molar-refractivity contribution in [2.75, 3.05) is 12.4 Å². The van der Waals surface area contributed by atoms with Gasteiger partial charge in [-0.2, -0.15) is 13.2 Å². The van der Waals surface area contributed by atoms with Crippen molar-refractivity contribution in [2.24, 2.45) is 0 Å². The third kappa shape index (κ3) is 4.06. The number of carbonyl (C=O) groups excluding carboxylic acids is 1. The lowest BCUT2D eigenvalue weighted by Crippen LogP contribution is -2.23. The number of halogens is 3. The molecule has 0 aliphatic heterocycles. The maximum Gasteiger partial charge on any atom is 0.501 e. The molecule has 0 radical (unpaired) electrons. The normalized spacial score (nSPS) is 11.9. The van der Waals surface area contributed by atoms with Crippen LogP contribution >= 0.6 is 0 Å². The van der Waals surface area contributed by atoms with Gasteiger partial charge in [-0.3, -0.25) is 9.78 Å². The van der Waals surface area contributed by atoms with Gasteiger partial charge in [-0.25, -0.2) is 8.42 Å². The SMILES string of the molecule is COc1ccc(S(=O)(=O)C(F)(F)F)cc1NC(=O)c1cc(-c2cccnc2)on1. The summed E-state index contributed by atoms with van der Waals surface area (Å²) in [6.07, 6.45) is 3.03. The first kappa shape index (κ1) is 20.3. The molecule has 0 unspecified atom stereocenters. The fourth-order valence-electron chi connectivity index (χ4n) is 2.30. The lowest BCUT2D eigenvalue weighted by molar-refractivity contribution is -0.0436. The van der Waals surface area contributed by atoms with Crippen molar-refractivity contribution >= 4 is 21.4 Å². The van der Waals surface area contributed by atoms with Crippen LogP contribution in [-0.2, 0) is 9.84 Å². The molecule has 2 aromatic heterocycles. The lowest BCUT2D eigenvalue weighted by Gasteiger charge is -2.13.